The first kappa shape index (κ1) is 23.9. The van der Waals surface area contributed by atoms with E-state index in [-0.39, 0.29) is 11.3 Å². The molecule has 178 valence electrons. The topological polar surface area (TPSA) is 58.6 Å². The first-order valence-electron chi connectivity index (χ1n) is 11.8. The lowest BCUT2D eigenvalue weighted by atomic mass is 9.80. The quantitative estimate of drug-likeness (QED) is 0.535. The number of likely N-dealkylation sites (tertiary alicyclic amines) is 1. The summed E-state index contributed by atoms with van der Waals surface area (Å²) in [4.78, 5) is 26.1. The Bertz CT molecular complexity index is 1160. The number of hydrogen-bond donors (Lipinski definition) is 0. The summed E-state index contributed by atoms with van der Waals surface area (Å²) in [6.45, 7) is 6.76. The van der Waals surface area contributed by atoms with Crippen molar-refractivity contribution in [3.8, 4) is 16.9 Å². The minimum absolute atomic E-state index is 0.0921. The van der Waals surface area contributed by atoms with Gasteiger partial charge in [-0.1, -0.05) is 43.3 Å². The molecule has 6 heteroatoms. The van der Waals surface area contributed by atoms with E-state index in [0.717, 1.165) is 49.7 Å². The number of benzene rings is 2. The second kappa shape index (κ2) is 9.94. The van der Waals surface area contributed by atoms with Gasteiger partial charge in [-0.15, -0.1) is 0 Å². The van der Waals surface area contributed by atoms with Crippen molar-refractivity contribution in [1.82, 2.24) is 19.8 Å². The molecule has 1 amide bonds. The van der Waals surface area contributed by atoms with Crippen LogP contribution in [0, 0.1) is 6.92 Å². The van der Waals surface area contributed by atoms with E-state index in [4.69, 9.17) is 14.7 Å². The zero-order chi connectivity index (χ0) is 24.3. The van der Waals surface area contributed by atoms with Gasteiger partial charge in [0.1, 0.15) is 17.3 Å². The van der Waals surface area contributed by atoms with Crippen molar-refractivity contribution in [3.05, 3.63) is 77.4 Å². The Labute approximate surface area is 202 Å². The molecule has 3 aromatic rings. The molecule has 34 heavy (non-hydrogen) atoms. The number of aromatic nitrogens is 2. The largest absolute Gasteiger partial charge is 0.496 e. The number of aryl methyl sites for hydroxylation is 1. The average Bonchev–Trinajstić information content (AvgIpc) is 2.83. The molecule has 0 unspecified atom stereocenters. The maximum atomic E-state index is 12.6. The van der Waals surface area contributed by atoms with Gasteiger partial charge in [0.05, 0.1) is 7.11 Å². The molecular formula is C28H34N4O2. The second-order valence-electron chi connectivity index (χ2n) is 9.69. The summed E-state index contributed by atoms with van der Waals surface area (Å²) >= 11 is 0. The van der Waals surface area contributed by atoms with Crippen LogP contribution in [0.4, 0.5) is 0 Å². The summed E-state index contributed by atoms with van der Waals surface area (Å²) in [5.41, 5.74) is 4.61. The molecule has 0 aliphatic carbocycles. The Morgan fingerprint density at radius 3 is 2.56 bits per heavy atom. The smallest absolute Gasteiger partial charge is 0.272 e. The molecule has 1 aliphatic heterocycles. The number of hydrogen-bond acceptors (Lipinski definition) is 5. The Morgan fingerprint density at radius 2 is 1.85 bits per heavy atom. The maximum Gasteiger partial charge on any atom is 0.272 e. The average molecular weight is 459 g/mol. The van der Waals surface area contributed by atoms with Crippen LogP contribution < -0.4 is 4.74 Å². The molecule has 0 spiro atoms. The predicted octanol–water partition coefficient (Wildman–Crippen LogP) is 4.72. The first-order valence-corrected chi connectivity index (χ1v) is 11.8. The Kier molecular flexibility index (Phi) is 6.98. The zero-order valence-corrected chi connectivity index (χ0v) is 20.8. The summed E-state index contributed by atoms with van der Waals surface area (Å²) in [5.74, 6) is 1.57. The normalized spacial score (nSPS) is 18.5. The van der Waals surface area contributed by atoms with Gasteiger partial charge >= 0.3 is 0 Å². The van der Waals surface area contributed by atoms with Gasteiger partial charge in [0.25, 0.3) is 5.91 Å². The standard InChI is InChI=1S/C28H34N4O2/c1-20-16-24(26(33)31(3)4)30-27(29-20)28(2)14-9-15-32(19-28)18-23-17-22(12-13-25(23)34-5)21-10-7-6-8-11-21/h6-8,10-13,16-17H,9,14-15,18-19H2,1-5H3/t28-/m1/s1. The van der Waals surface area contributed by atoms with Gasteiger partial charge in [-0.25, -0.2) is 9.97 Å². The van der Waals surface area contributed by atoms with Crippen LogP contribution in [0.5, 0.6) is 5.75 Å². The fourth-order valence-corrected chi connectivity index (χ4v) is 4.79. The molecule has 1 saturated heterocycles. The van der Waals surface area contributed by atoms with E-state index in [1.807, 2.05) is 13.0 Å². The minimum Gasteiger partial charge on any atom is -0.496 e. The van der Waals surface area contributed by atoms with Gasteiger partial charge in [-0.3, -0.25) is 9.69 Å². The summed E-state index contributed by atoms with van der Waals surface area (Å²) in [7, 11) is 5.23. The molecule has 2 heterocycles. The molecule has 6 nitrogen and oxygen atoms in total. The Morgan fingerprint density at radius 1 is 1.09 bits per heavy atom. The number of rotatable bonds is 6. The minimum atomic E-state index is -0.226. The number of ether oxygens (including phenoxy) is 1. The van der Waals surface area contributed by atoms with Crippen molar-refractivity contribution in [2.75, 3.05) is 34.3 Å². The van der Waals surface area contributed by atoms with Gasteiger partial charge in [-0.05, 0) is 55.6 Å². The van der Waals surface area contributed by atoms with Crippen LogP contribution in [0.25, 0.3) is 11.1 Å². The van der Waals surface area contributed by atoms with Crippen LogP contribution in [0.15, 0.2) is 54.6 Å². The van der Waals surface area contributed by atoms with Crippen LogP contribution in [-0.2, 0) is 12.0 Å². The molecule has 0 N–H and O–H groups in total. The lowest BCUT2D eigenvalue weighted by molar-refractivity contribution is 0.0820. The van der Waals surface area contributed by atoms with Gasteiger partial charge in [0.15, 0.2) is 0 Å². The summed E-state index contributed by atoms with van der Waals surface area (Å²) in [5, 5.41) is 0. The van der Waals surface area contributed by atoms with Crippen molar-refractivity contribution in [1.29, 1.82) is 0 Å². The van der Waals surface area contributed by atoms with Crippen LogP contribution in [0.2, 0.25) is 0 Å². The highest BCUT2D eigenvalue weighted by molar-refractivity contribution is 5.92. The number of carbonyl (C=O) groups is 1. The fourth-order valence-electron chi connectivity index (χ4n) is 4.79. The molecule has 1 aliphatic rings. The highest BCUT2D eigenvalue weighted by Crippen LogP contribution is 2.34. The van der Waals surface area contributed by atoms with E-state index in [1.54, 1.807) is 32.2 Å². The third kappa shape index (κ3) is 5.12. The van der Waals surface area contributed by atoms with E-state index in [1.165, 1.54) is 16.7 Å². The van der Waals surface area contributed by atoms with Gasteiger partial charge in [0.2, 0.25) is 0 Å². The van der Waals surface area contributed by atoms with Gasteiger partial charge in [-0.2, -0.15) is 0 Å². The molecular weight excluding hydrogens is 424 g/mol. The lowest BCUT2D eigenvalue weighted by Crippen LogP contribution is -2.45. The van der Waals surface area contributed by atoms with Crippen molar-refractivity contribution in [3.63, 3.8) is 0 Å². The third-order valence-corrected chi connectivity index (χ3v) is 6.58. The Hall–Kier alpha value is -3.25. The van der Waals surface area contributed by atoms with Crippen molar-refractivity contribution < 1.29 is 9.53 Å². The SMILES string of the molecule is COc1ccc(-c2ccccc2)cc1CN1CCC[C@@](C)(c2nc(C)cc(C(=O)N(C)C)n2)C1. The monoisotopic (exact) mass is 458 g/mol. The second-order valence-corrected chi connectivity index (χ2v) is 9.69. The van der Waals surface area contributed by atoms with Crippen molar-refractivity contribution >= 4 is 5.91 Å². The van der Waals surface area contributed by atoms with Crippen LogP contribution in [0.3, 0.4) is 0 Å². The van der Waals surface area contributed by atoms with E-state index >= 15 is 0 Å². The van der Waals surface area contributed by atoms with Crippen molar-refractivity contribution in [2.24, 2.45) is 0 Å². The molecule has 1 atom stereocenters. The van der Waals surface area contributed by atoms with Crippen molar-refractivity contribution in [2.45, 2.75) is 38.6 Å². The molecule has 0 bridgehead atoms. The number of carbonyl (C=O) groups excluding carboxylic acids is 1. The van der Waals surface area contributed by atoms with E-state index in [0.29, 0.717) is 5.69 Å². The molecule has 1 fully saturated rings. The van der Waals surface area contributed by atoms with Crippen LogP contribution in [-0.4, -0.2) is 60.0 Å². The Balaban J connectivity index is 1.60. The highest BCUT2D eigenvalue weighted by Gasteiger charge is 2.36. The fraction of sp³-hybridized carbons (Fsp3) is 0.393. The third-order valence-electron chi connectivity index (χ3n) is 6.58. The number of amides is 1. The molecule has 0 saturated carbocycles. The number of methoxy groups -OCH3 is 1. The molecule has 2 aromatic carbocycles. The maximum absolute atomic E-state index is 12.6. The van der Waals surface area contributed by atoms with E-state index < -0.39 is 0 Å². The molecule has 4 rings (SSSR count). The molecule has 1 aromatic heterocycles. The zero-order valence-electron chi connectivity index (χ0n) is 20.8. The first-order chi connectivity index (χ1) is 16.3. The number of piperidine rings is 1. The highest BCUT2D eigenvalue weighted by atomic mass is 16.5. The summed E-state index contributed by atoms with van der Waals surface area (Å²) < 4.78 is 5.70. The predicted molar refractivity (Wildman–Crippen MR) is 135 cm³/mol. The van der Waals surface area contributed by atoms with E-state index in [9.17, 15) is 4.79 Å². The lowest BCUT2D eigenvalue weighted by Gasteiger charge is -2.39. The summed E-state index contributed by atoms with van der Waals surface area (Å²) in [6.07, 6.45) is 2.04. The van der Waals surface area contributed by atoms with E-state index in [2.05, 4.69) is 54.3 Å². The van der Waals surface area contributed by atoms with Gasteiger partial charge in [0, 0.05) is 43.9 Å². The van der Waals surface area contributed by atoms with Gasteiger partial charge < -0.3 is 9.64 Å². The molecule has 0 radical (unpaired) electrons. The summed E-state index contributed by atoms with van der Waals surface area (Å²) in [6, 6.07) is 18.6. The van der Waals surface area contributed by atoms with Crippen LogP contribution in [0.1, 0.15) is 47.3 Å². The number of nitrogens with zero attached hydrogens (tertiary/aromatic N) is 4. The van der Waals surface area contributed by atoms with Crippen LogP contribution >= 0.6 is 0 Å².